The molecule has 0 spiro atoms. The largest absolute Gasteiger partial charge is 0.395 e. The van der Waals surface area contributed by atoms with Gasteiger partial charge in [0.2, 0.25) is 0 Å². The van der Waals surface area contributed by atoms with E-state index < -0.39 is 5.91 Å². The number of imide groups is 1. The van der Waals surface area contributed by atoms with Crippen LogP contribution < -0.4 is 5.32 Å². The van der Waals surface area contributed by atoms with Crippen molar-refractivity contribution in [3.8, 4) is 0 Å². The van der Waals surface area contributed by atoms with Crippen molar-refractivity contribution < 1.29 is 14.7 Å². The van der Waals surface area contributed by atoms with E-state index in [2.05, 4.69) is 16.3 Å². The van der Waals surface area contributed by atoms with Crippen molar-refractivity contribution in [2.24, 2.45) is 0 Å². The molecule has 6 nitrogen and oxygen atoms in total. The number of hydrogen-bond donors (Lipinski definition) is 2. The van der Waals surface area contributed by atoms with Crippen LogP contribution in [0.4, 0.5) is 5.69 Å². The number of likely N-dealkylation sites (tertiary alicyclic amines) is 1. The maximum Gasteiger partial charge on any atom is 0.277 e. The molecule has 0 aromatic heterocycles. The molecule has 2 N–H and O–H groups in total. The fourth-order valence-electron chi connectivity index (χ4n) is 3.01. The monoisotopic (exact) mass is 315 g/mol. The zero-order chi connectivity index (χ0) is 16.2. The topological polar surface area (TPSA) is 72.9 Å². The predicted octanol–water partition coefficient (Wildman–Crippen LogP) is 0.939. The second kappa shape index (κ2) is 6.93. The summed E-state index contributed by atoms with van der Waals surface area (Å²) in [6, 6.07) is 7.89. The summed E-state index contributed by atoms with van der Waals surface area (Å²) in [6.07, 6.45) is 3.79. The Kier molecular flexibility index (Phi) is 4.73. The highest BCUT2D eigenvalue weighted by Crippen LogP contribution is 2.20. The van der Waals surface area contributed by atoms with Crippen molar-refractivity contribution in [3.05, 3.63) is 41.6 Å². The second-order valence-electron chi connectivity index (χ2n) is 5.89. The Morgan fingerprint density at radius 2 is 1.96 bits per heavy atom. The van der Waals surface area contributed by atoms with Crippen molar-refractivity contribution in [2.75, 3.05) is 31.6 Å². The normalized spacial score (nSPS) is 18.7. The first-order valence-electron chi connectivity index (χ1n) is 7.94. The summed E-state index contributed by atoms with van der Waals surface area (Å²) in [6.45, 7) is 2.95. The highest BCUT2D eigenvalue weighted by atomic mass is 16.3. The van der Waals surface area contributed by atoms with Crippen LogP contribution in [0, 0.1) is 0 Å². The van der Waals surface area contributed by atoms with Gasteiger partial charge in [-0.05, 0) is 43.6 Å². The third kappa shape index (κ3) is 3.60. The Morgan fingerprint density at radius 1 is 1.17 bits per heavy atom. The van der Waals surface area contributed by atoms with Gasteiger partial charge in [0.25, 0.3) is 11.8 Å². The molecular weight excluding hydrogens is 294 g/mol. The Balaban J connectivity index is 1.67. The van der Waals surface area contributed by atoms with Crippen molar-refractivity contribution in [1.29, 1.82) is 0 Å². The van der Waals surface area contributed by atoms with Crippen molar-refractivity contribution in [1.82, 2.24) is 9.80 Å². The zero-order valence-corrected chi connectivity index (χ0v) is 13.0. The Bertz CT molecular complexity index is 636. The summed E-state index contributed by atoms with van der Waals surface area (Å²) in [7, 11) is 0. The summed E-state index contributed by atoms with van der Waals surface area (Å²) >= 11 is 0. The SMILES string of the molecule is O=C1C=C(Nc2cccc(CN3CCCC3)c2)C(=O)N1CCO. The number of anilines is 1. The molecule has 1 saturated heterocycles. The minimum absolute atomic E-state index is 0.0222. The van der Waals surface area contributed by atoms with E-state index in [0.717, 1.165) is 30.2 Å². The molecule has 3 rings (SSSR count). The van der Waals surface area contributed by atoms with Gasteiger partial charge in [0.1, 0.15) is 5.70 Å². The van der Waals surface area contributed by atoms with Gasteiger partial charge >= 0.3 is 0 Å². The standard InChI is InChI=1S/C17H21N3O3/c21-9-8-20-16(22)11-15(17(20)23)18-14-5-3-4-13(10-14)12-19-6-1-2-7-19/h3-5,10-11,18,21H,1-2,6-9,12H2. The molecule has 1 aromatic carbocycles. The summed E-state index contributed by atoms with van der Waals surface area (Å²) in [5, 5.41) is 11.9. The maximum absolute atomic E-state index is 12.1. The summed E-state index contributed by atoms with van der Waals surface area (Å²) in [5.41, 5.74) is 2.23. The fourth-order valence-corrected chi connectivity index (χ4v) is 3.01. The molecule has 23 heavy (non-hydrogen) atoms. The van der Waals surface area contributed by atoms with Gasteiger partial charge in [-0.3, -0.25) is 19.4 Å². The summed E-state index contributed by atoms with van der Waals surface area (Å²) in [4.78, 5) is 27.3. The van der Waals surface area contributed by atoms with E-state index in [0.29, 0.717) is 0 Å². The van der Waals surface area contributed by atoms with Crippen LogP contribution in [-0.2, 0) is 16.1 Å². The van der Waals surface area contributed by atoms with Crippen LogP contribution in [0.2, 0.25) is 0 Å². The van der Waals surface area contributed by atoms with Gasteiger partial charge in [-0.1, -0.05) is 12.1 Å². The molecule has 1 aromatic rings. The molecule has 2 heterocycles. The quantitative estimate of drug-likeness (QED) is 0.764. The highest BCUT2D eigenvalue weighted by Gasteiger charge is 2.30. The first kappa shape index (κ1) is 15.7. The van der Waals surface area contributed by atoms with Crippen LogP contribution in [0.15, 0.2) is 36.0 Å². The Hall–Kier alpha value is -2.18. The molecular formula is C17H21N3O3. The van der Waals surface area contributed by atoms with Gasteiger partial charge in [-0.2, -0.15) is 0 Å². The number of nitrogens with zero attached hydrogens (tertiary/aromatic N) is 2. The van der Waals surface area contributed by atoms with Crippen LogP contribution in [0.25, 0.3) is 0 Å². The molecule has 0 bridgehead atoms. The van der Waals surface area contributed by atoms with Crippen LogP contribution in [0.1, 0.15) is 18.4 Å². The van der Waals surface area contributed by atoms with E-state index in [1.54, 1.807) is 0 Å². The van der Waals surface area contributed by atoms with Gasteiger partial charge in [0.05, 0.1) is 13.2 Å². The number of aliphatic hydroxyl groups is 1. The Labute approximate surface area is 135 Å². The van der Waals surface area contributed by atoms with E-state index in [1.165, 1.54) is 24.5 Å². The molecule has 0 aliphatic carbocycles. The maximum atomic E-state index is 12.1. The van der Waals surface area contributed by atoms with E-state index >= 15 is 0 Å². The number of aliphatic hydroxyl groups excluding tert-OH is 1. The third-order valence-corrected chi connectivity index (χ3v) is 4.14. The van der Waals surface area contributed by atoms with Crippen LogP contribution in [0.3, 0.4) is 0 Å². The number of rotatable bonds is 6. The number of amides is 2. The van der Waals surface area contributed by atoms with Crippen molar-refractivity contribution >= 4 is 17.5 Å². The average Bonchev–Trinajstić information content (AvgIpc) is 3.12. The smallest absolute Gasteiger partial charge is 0.277 e. The molecule has 2 aliphatic rings. The van der Waals surface area contributed by atoms with Crippen LogP contribution >= 0.6 is 0 Å². The van der Waals surface area contributed by atoms with E-state index in [-0.39, 0.29) is 24.8 Å². The lowest BCUT2D eigenvalue weighted by molar-refractivity contribution is -0.137. The number of benzene rings is 1. The van der Waals surface area contributed by atoms with E-state index in [1.807, 2.05) is 18.2 Å². The van der Waals surface area contributed by atoms with Crippen molar-refractivity contribution in [2.45, 2.75) is 19.4 Å². The lowest BCUT2D eigenvalue weighted by atomic mass is 10.2. The second-order valence-corrected chi connectivity index (χ2v) is 5.89. The van der Waals surface area contributed by atoms with Crippen molar-refractivity contribution in [3.63, 3.8) is 0 Å². The minimum Gasteiger partial charge on any atom is -0.395 e. The number of carbonyl (C=O) groups excluding carboxylic acids is 2. The molecule has 2 amide bonds. The molecule has 2 aliphatic heterocycles. The molecule has 1 fully saturated rings. The predicted molar refractivity (Wildman–Crippen MR) is 86.5 cm³/mol. The zero-order valence-electron chi connectivity index (χ0n) is 13.0. The molecule has 0 unspecified atom stereocenters. The van der Waals surface area contributed by atoms with E-state index in [4.69, 9.17) is 5.11 Å². The van der Waals surface area contributed by atoms with Gasteiger partial charge in [-0.25, -0.2) is 0 Å². The van der Waals surface area contributed by atoms with Gasteiger partial charge in [0.15, 0.2) is 0 Å². The summed E-state index contributed by atoms with van der Waals surface area (Å²) < 4.78 is 0. The first-order valence-corrected chi connectivity index (χ1v) is 7.94. The Morgan fingerprint density at radius 3 is 2.70 bits per heavy atom. The number of β-amino-alcohol motifs (C(OH)–C–C–N with tert-alkyl or cyclic N) is 1. The van der Waals surface area contributed by atoms with Gasteiger partial charge < -0.3 is 10.4 Å². The van der Waals surface area contributed by atoms with Crippen LogP contribution in [0.5, 0.6) is 0 Å². The third-order valence-electron chi connectivity index (χ3n) is 4.14. The fraction of sp³-hybridized carbons (Fsp3) is 0.412. The minimum atomic E-state index is -0.394. The van der Waals surface area contributed by atoms with E-state index in [9.17, 15) is 9.59 Å². The van der Waals surface area contributed by atoms with Gasteiger partial charge in [-0.15, -0.1) is 0 Å². The molecule has 0 atom stereocenters. The average molecular weight is 315 g/mol. The highest BCUT2D eigenvalue weighted by molar-refractivity contribution is 6.17. The molecule has 0 saturated carbocycles. The molecule has 122 valence electrons. The van der Waals surface area contributed by atoms with Gasteiger partial charge in [0, 0.05) is 18.3 Å². The number of nitrogens with one attached hydrogen (secondary N) is 1. The first-order chi connectivity index (χ1) is 11.2. The lowest BCUT2D eigenvalue weighted by Crippen LogP contribution is -2.34. The number of hydrogen-bond acceptors (Lipinski definition) is 5. The molecule has 0 radical (unpaired) electrons. The summed E-state index contributed by atoms with van der Waals surface area (Å²) in [5.74, 6) is -0.784. The van der Waals surface area contributed by atoms with Crippen LogP contribution in [-0.4, -0.2) is 53.0 Å². The molecule has 6 heteroatoms. The number of carbonyl (C=O) groups is 2. The lowest BCUT2D eigenvalue weighted by Gasteiger charge is -2.16.